The molecule has 120 valence electrons. The summed E-state index contributed by atoms with van der Waals surface area (Å²) in [5.41, 5.74) is 1.03. The quantitative estimate of drug-likeness (QED) is 0.803. The summed E-state index contributed by atoms with van der Waals surface area (Å²) >= 11 is 3.32. The van der Waals surface area contributed by atoms with Crippen LogP contribution in [0.1, 0.15) is 24.8 Å². The van der Waals surface area contributed by atoms with Gasteiger partial charge in [-0.3, -0.25) is 0 Å². The highest BCUT2D eigenvalue weighted by Gasteiger charge is 2.18. The molecule has 1 atom stereocenters. The Hall–Kier alpha value is -0.140. The van der Waals surface area contributed by atoms with Crippen LogP contribution in [0.15, 0.2) is 27.6 Å². The zero-order valence-corrected chi connectivity index (χ0v) is 15.3. The first kappa shape index (κ1) is 18.9. The van der Waals surface area contributed by atoms with Crippen molar-refractivity contribution in [3.63, 3.8) is 0 Å². The van der Waals surface area contributed by atoms with Gasteiger partial charge in [0.2, 0.25) is 10.0 Å². The van der Waals surface area contributed by atoms with Gasteiger partial charge in [-0.1, -0.05) is 6.07 Å². The Labute approximate surface area is 141 Å². The molecule has 0 aromatic heterocycles. The number of sulfonamides is 1. The Balaban J connectivity index is 0.00000220. The maximum Gasteiger partial charge on any atom is 0.241 e. The molecule has 1 aliphatic rings. The lowest BCUT2D eigenvalue weighted by Crippen LogP contribution is -2.33. The first-order valence-corrected chi connectivity index (χ1v) is 9.23. The highest BCUT2D eigenvalue weighted by atomic mass is 79.9. The lowest BCUT2D eigenvalue weighted by Gasteiger charge is -2.22. The topological polar surface area (TPSA) is 58.2 Å². The highest BCUT2D eigenvalue weighted by molar-refractivity contribution is 9.10. The fourth-order valence-electron chi connectivity index (χ4n) is 2.47. The Morgan fingerprint density at radius 3 is 2.81 bits per heavy atom. The van der Waals surface area contributed by atoms with Gasteiger partial charge in [-0.05, 0) is 78.8 Å². The maximum atomic E-state index is 12.2. The van der Waals surface area contributed by atoms with Crippen molar-refractivity contribution in [2.24, 2.45) is 5.92 Å². The van der Waals surface area contributed by atoms with Gasteiger partial charge in [-0.2, -0.15) is 0 Å². The summed E-state index contributed by atoms with van der Waals surface area (Å²) in [5.74, 6) is 0.577. The summed E-state index contributed by atoms with van der Waals surface area (Å²) in [6.45, 7) is 4.51. The number of aryl methyl sites for hydroxylation is 1. The monoisotopic (exact) mass is 396 g/mol. The van der Waals surface area contributed by atoms with Gasteiger partial charge in [0.15, 0.2) is 0 Å². The van der Waals surface area contributed by atoms with E-state index in [1.807, 2.05) is 19.1 Å². The van der Waals surface area contributed by atoms with Gasteiger partial charge >= 0.3 is 0 Å². The minimum atomic E-state index is -3.43. The number of nitrogens with one attached hydrogen (secondary N) is 2. The van der Waals surface area contributed by atoms with Crippen molar-refractivity contribution in [3.8, 4) is 0 Å². The molecule has 0 aliphatic carbocycles. The second kappa shape index (κ2) is 8.48. The normalized spacial score (nSPS) is 19.0. The third-order valence-corrected chi connectivity index (χ3v) is 6.06. The number of halogens is 2. The van der Waals surface area contributed by atoms with Crippen LogP contribution in [-0.4, -0.2) is 28.1 Å². The van der Waals surface area contributed by atoms with E-state index >= 15 is 0 Å². The molecule has 1 aromatic rings. The molecule has 1 heterocycles. The largest absolute Gasteiger partial charge is 0.316 e. The van der Waals surface area contributed by atoms with Crippen LogP contribution in [-0.2, 0) is 10.0 Å². The summed E-state index contributed by atoms with van der Waals surface area (Å²) in [4.78, 5) is 0.310. The van der Waals surface area contributed by atoms with E-state index in [0.717, 1.165) is 25.1 Å². The molecule has 7 heteroatoms. The van der Waals surface area contributed by atoms with Crippen molar-refractivity contribution in [1.82, 2.24) is 10.0 Å². The minimum absolute atomic E-state index is 0. The van der Waals surface area contributed by atoms with Crippen LogP contribution in [0.4, 0.5) is 0 Å². The van der Waals surface area contributed by atoms with Crippen molar-refractivity contribution in [2.45, 2.75) is 31.1 Å². The van der Waals surface area contributed by atoms with Crippen molar-refractivity contribution in [3.05, 3.63) is 28.2 Å². The molecule has 1 aromatic carbocycles. The van der Waals surface area contributed by atoms with Gasteiger partial charge in [0.1, 0.15) is 0 Å². The zero-order chi connectivity index (χ0) is 14.6. The van der Waals surface area contributed by atoms with Crippen molar-refractivity contribution < 1.29 is 8.42 Å². The van der Waals surface area contributed by atoms with E-state index in [1.54, 1.807) is 6.07 Å². The number of rotatable bonds is 5. The van der Waals surface area contributed by atoms with Crippen LogP contribution in [0.3, 0.4) is 0 Å². The maximum absolute atomic E-state index is 12.2. The summed E-state index contributed by atoms with van der Waals surface area (Å²) in [5, 5.41) is 3.34. The predicted octanol–water partition coefficient (Wildman–Crippen LogP) is 2.85. The lowest BCUT2D eigenvalue weighted by atomic mass is 9.96. The Morgan fingerprint density at radius 1 is 1.43 bits per heavy atom. The van der Waals surface area contributed by atoms with Crippen LogP contribution in [0.25, 0.3) is 0 Å². The van der Waals surface area contributed by atoms with Gasteiger partial charge in [-0.25, -0.2) is 13.1 Å². The van der Waals surface area contributed by atoms with Gasteiger partial charge in [-0.15, -0.1) is 12.4 Å². The van der Waals surface area contributed by atoms with Gasteiger partial charge in [0.05, 0.1) is 4.90 Å². The molecule has 2 rings (SSSR count). The molecule has 4 nitrogen and oxygen atoms in total. The molecule has 0 amide bonds. The molecule has 1 unspecified atom stereocenters. The van der Waals surface area contributed by atoms with Gasteiger partial charge < -0.3 is 5.32 Å². The van der Waals surface area contributed by atoms with Crippen molar-refractivity contribution in [1.29, 1.82) is 0 Å². The molecule has 0 radical (unpaired) electrons. The van der Waals surface area contributed by atoms with Crippen LogP contribution in [0, 0.1) is 12.8 Å². The molecule has 2 N–H and O–H groups in total. The van der Waals surface area contributed by atoms with Gasteiger partial charge in [0.25, 0.3) is 0 Å². The van der Waals surface area contributed by atoms with E-state index in [9.17, 15) is 8.42 Å². The van der Waals surface area contributed by atoms with E-state index < -0.39 is 10.0 Å². The van der Waals surface area contributed by atoms with Crippen LogP contribution in [0.2, 0.25) is 0 Å². The second-order valence-electron chi connectivity index (χ2n) is 5.33. The van der Waals surface area contributed by atoms with E-state index in [1.165, 1.54) is 12.8 Å². The fourth-order valence-corrected chi connectivity index (χ4v) is 4.71. The first-order chi connectivity index (χ1) is 9.49. The summed E-state index contributed by atoms with van der Waals surface area (Å²) in [6, 6.07) is 5.27. The third kappa shape index (κ3) is 5.53. The van der Waals surface area contributed by atoms with E-state index in [-0.39, 0.29) is 12.4 Å². The fraction of sp³-hybridized carbons (Fsp3) is 0.571. The highest BCUT2D eigenvalue weighted by Crippen LogP contribution is 2.23. The van der Waals surface area contributed by atoms with Crippen LogP contribution < -0.4 is 10.0 Å². The molecule has 21 heavy (non-hydrogen) atoms. The van der Waals surface area contributed by atoms with E-state index in [4.69, 9.17) is 0 Å². The molecule has 0 spiro atoms. The number of benzene rings is 1. The van der Waals surface area contributed by atoms with E-state index in [2.05, 4.69) is 26.0 Å². The average molecular weight is 398 g/mol. The Kier molecular flexibility index (Phi) is 7.64. The number of piperidine rings is 1. The standard InChI is InChI=1S/C14H21BrN2O2S.ClH/c1-11-4-5-14(13(15)9-11)20(18,19)17-8-6-12-3-2-7-16-10-12;/h4-5,9,12,16-17H,2-3,6-8,10H2,1H3;1H. The summed E-state index contributed by atoms with van der Waals surface area (Å²) in [7, 11) is -3.43. The van der Waals surface area contributed by atoms with Crippen molar-refractivity contribution >= 4 is 38.4 Å². The zero-order valence-electron chi connectivity index (χ0n) is 12.1. The minimum Gasteiger partial charge on any atom is -0.316 e. The number of hydrogen-bond acceptors (Lipinski definition) is 3. The third-order valence-electron chi connectivity index (χ3n) is 3.62. The smallest absolute Gasteiger partial charge is 0.241 e. The average Bonchev–Trinajstić information content (AvgIpc) is 2.39. The van der Waals surface area contributed by atoms with E-state index in [0.29, 0.717) is 21.8 Å². The molecule has 0 bridgehead atoms. The predicted molar refractivity (Wildman–Crippen MR) is 91.5 cm³/mol. The van der Waals surface area contributed by atoms with Gasteiger partial charge in [0, 0.05) is 11.0 Å². The van der Waals surface area contributed by atoms with Crippen LogP contribution in [0.5, 0.6) is 0 Å². The van der Waals surface area contributed by atoms with Crippen LogP contribution >= 0.6 is 28.3 Å². The lowest BCUT2D eigenvalue weighted by molar-refractivity contribution is 0.358. The summed E-state index contributed by atoms with van der Waals surface area (Å²) in [6.07, 6.45) is 3.25. The Morgan fingerprint density at radius 2 is 2.19 bits per heavy atom. The molecule has 1 saturated heterocycles. The molecular weight excluding hydrogens is 376 g/mol. The SMILES string of the molecule is Cc1ccc(S(=O)(=O)NCCC2CCCNC2)c(Br)c1.Cl. The Bertz CT molecular complexity index is 560. The first-order valence-electron chi connectivity index (χ1n) is 6.95. The molecule has 1 aliphatic heterocycles. The van der Waals surface area contributed by atoms with Crippen molar-refractivity contribution in [2.75, 3.05) is 19.6 Å². The molecular formula is C14H22BrClN2O2S. The molecule has 0 saturated carbocycles. The number of hydrogen-bond donors (Lipinski definition) is 2. The summed E-state index contributed by atoms with van der Waals surface area (Å²) < 4.78 is 27.8. The molecule has 1 fully saturated rings. The second-order valence-corrected chi connectivity index (χ2v) is 7.92.